The maximum absolute atomic E-state index is 5.48. The van der Waals surface area contributed by atoms with E-state index < -0.39 is 0 Å². The number of aliphatic imine (C=N–C) groups is 1. The summed E-state index contributed by atoms with van der Waals surface area (Å²) in [5.74, 6) is 1.09. The maximum Gasteiger partial charge on any atom is 0.156 e. The molecule has 0 amide bonds. The fourth-order valence-corrected chi connectivity index (χ4v) is 3.06. The Morgan fingerprint density at radius 2 is 2.21 bits per heavy atom. The summed E-state index contributed by atoms with van der Waals surface area (Å²) in [6.45, 7) is 5.57. The minimum absolute atomic E-state index is 0.202. The second-order valence-electron chi connectivity index (χ2n) is 4.75. The smallest absolute Gasteiger partial charge is 0.156 e. The largest absolute Gasteiger partial charge is 0.377 e. The quantitative estimate of drug-likeness (QED) is 0.868. The van der Waals surface area contributed by atoms with Crippen LogP contribution in [0.15, 0.2) is 35.3 Å². The molecule has 0 bridgehead atoms. The van der Waals surface area contributed by atoms with E-state index in [1.54, 1.807) is 0 Å². The van der Waals surface area contributed by atoms with Crippen molar-refractivity contribution in [1.29, 1.82) is 0 Å². The van der Waals surface area contributed by atoms with Crippen molar-refractivity contribution in [3.8, 4) is 0 Å². The van der Waals surface area contributed by atoms with Crippen LogP contribution >= 0.6 is 11.8 Å². The van der Waals surface area contributed by atoms with E-state index in [-0.39, 0.29) is 6.10 Å². The molecule has 3 nitrogen and oxygen atoms in total. The van der Waals surface area contributed by atoms with E-state index in [1.165, 1.54) is 5.56 Å². The zero-order valence-corrected chi connectivity index (χ0v) is 12.5. The van der Waals surface area contributed by atoms with Gasteiger partial charge >= 0.3 is 0 Å². The fourth-order valence-electron chi connectivity index (χ4n) is 2.09. The Labute approximate surface area is 119 Å². The third-order valence-corrected chi connectivity index (χ3v) is 4.11. The van der Waals surface area contributed by atoms with Crippen LogP contribution in [0.1, 0.15) is 19.4 Å². The van der Waals surface area contributed by atoms with Crippen molar-refractivity contribution < 1.29 is 4.74 Å². The molecular formula is C15H22N2OS. The SMILES string of the molecule is CCOC(C)CN=C1NC(Cc2ccccc2)CS1. The normalized spacial score (nSPS) is 22.4. The van der Waals surface area contributed by atoms with E-state index in [1.807, 2.05) is 18.7 Å². The second kappa shape index (κ2) is 7.56. The van der Waals surface area contributed by atoms with Gasteiger partial charge in [0, 0.05) is 18.4 Å². The van der Waals surface area contributed by atoms with Crippen LogP contribution in [0.5, 0.6) is 0 Å². The Bertz CT molecular complexity index is 408. The molecule has 0 radical (unpaired) electrons. The topological polar surface area (TPSA) is 33.6 Å². The molecule has 1 heterocycles. The molecule has 1 saturated heterocycles. The van der Waals surface area contributed by atoms with Crippen LogP contribution in [-0.4, -0.2) is 36.2 Å². The molecule has 104 valence electrons. The van der Waals surface area contributed by atoms with Gasteiger partial charge in [0.15, 0.2) is 5.17 Å². The van der Waals surface area contributed by atoms with Crippen molar-refractivity contribution in [1.82, 2.24) is 5.32 Å². The zero-order chi connectivity index (χ0) is 13.5. The first-order chi connectivity index (χ1) is 9.28. The molecule has 2 rings (SSSR count). The van der Waals surface area contributed by atoms with Crippen molar-refractivity contribution in [3.05, 3.63) is 35.9 Å². The van der Waals surface area contributed by atoms with Gasteiger partial charge in [-0.2, -0.15) is 0 Å². The molecule has 0 aromatic heterocycles. The molecule has 2 unspecified atom stereocenters. The average molecular weight is 278 g/mol. The van der Waals surface area contributed by atoms with Gasteiger partial charge in [-0.1, -0.05) is 42.1 Å². The zero-order valence-electron chi connectivity index (χ0n) is 11.6. The van der Waals surface area contributed by atoms with Gasteiger partial charge in [0.1, 0.15) is 0 Å². The lowest BCUT2D eigenvalue weighted by Crippen LogP contribution is -2.29. The van der Waals surface area contributed by atoms with Gasteiger partial charge in [-0.25, -0.2) is 0 Å². The van der Waals surface area contributed by atoms with Gasteiger partial charge in [0.05, 0.1) is 12.6 Å². The Balaban J connectivity index is 1.78. The van der Waals surface area contributed by atoms with E-state index >= 15 is 0 Å². The molecule has 1 aromatic carbocycles. The van der Waals surface area contributed by atoms with E-state index in [0.717, 1.165) is 30.5 Å². The molecule has 1 N–H and O–H groups in total. The lowest BCUT2D eigenvalue weighted by atomic mass is 10.1. The average Bonchev–Trinajstić information content (AvgIpc) is 2.86. The van der Waals surface area contributed by atoms with Crippen LogP contribution in [0.3, 0.4) is 0 Å². The lowest BCUT2D eigenvalue weighted by molar-refractivity contribution is 0.0829. The van der Waals surface area contributed by atoms with Crippen molar-refractivity contribution in [3.63, 3.8) is 0 Å². The number of ether oxygens (including phenoxy) is 1. The van der Waals surface area contributed by atoms with Crippen molar-refractivity contribution in [2.75, 3.05) is 18.9 Å². The molecule has 1 aliphatic rings. The predicted molar refractivity (Wildman–Crippen MR) is 82.9 cm³/mol. The number of hydrogen-bond donors (Lipinski definition) is 1. The van der Waals surface area contributed by atoms with Gasteiger partial charge in [-0.05, 0) is 25.8 Å². The molecule has 0 saturated carbocycles. The third-order valence-electron chi connectivity index (χ3n) is 3.02. The summed E-state index contributed by atoms with van der Waals surface area (Å²) in [4.78, 5) is 4.58. The monoisotopic (exact) mass is 278 g/mol. The number of nitrogens with zero attached hydrogens (tertiary/aromatic N) is 1. The second-order valence-corrected chi connectivity index (χ2v) is 5.76. The maximum atomic E-state index is 5.48. The minimum Gasteiger partial charge on any atom is -0.377 e. The molecule has 0 aliphatic carbocycles. The highest BCUT2D eigenvalue weighted by Crippen LogP contribution is 2.17. The molecular weight excluding hydrogens is 256 g/mol. The Hall–Kier alpha value is -1.00. The summed E-state index contributed by atoms with van der Waals surface area (Å²) in [6, 6.07) is 11.1. The van der Waals surface area contributed by atoms with Crippen LogP contribution in [0, 0.1) is 0 Å². The van der Waals surface area contributed by atoms with Gasteiger partial charge in [0.25, 0.3) is 0 Å². The van der Waals surface area contributed by atoms with E-state index in [0.29, 0.717) is 6.04 Å². The van der Waals surface area contributed by atoms with Crippen LogP contribution in [-0.2, 0) is 11.2 Å². The summed E-state index contributed by atoms with van der Waals surface area (Å²) < 4.78 is 5.48. The van der Waals surface area contributed by atoms with E-state index in [9.17, 15) is 0 Å². The summed E-state index contributed by atoms with van der Waals surface area (Å²) in [5, 5.41) is 4.56. The minimum atomic E-state index is 0.202. The van der Waals surface area contributed by atoms with E-state index in [4.69, 9.17) is 4.74 Å². The molecule has 2 atom stereocenters. The van der Waals surface area contributed by atoms with Gasteiger partial charge < -0.3 is 10.1 Å². The van der Waals surface area contributed by atoms with Gasteiger partial charge in [-0.15, -0.1) is 0 Å². The Morgan fingerprint density at radius 3 is 2.95 bits per heavy atom. The number of nitrogens with one attached hydrogen (secondary N) is 1. The summed E-state index contributed by atoms with van der Waals surface area (Å²) in [6.07, 6.45) is 1.27. The van der Waals surface area contributed by atoms with Crippen molar-refractivity contribution >= 4 is 16.9 Å². The Kier molecular flexibility index (Phi) is 5.73. The summed E-state index contributed by atoms with van der Waals surface area (Å²) in [5.41, 5.74) is 1.38. The van der Waals surface area contributed by atoms with E-state index in [2.05, 4.69) is 47.6 Å². The number of hydrogen-bond acceptors (Lipinski definition) is 3. The number of amidine groups is 1. The predicted octanol–water partition coefficient (Wildman–Crippen LogP) is 2.72. The number of rotatable bonds is 6. The van der Waals surface area contributed by atoms with Crippen LogP contribution in [0.25, 0.3) is 0 Å². The highest BCUT2D eigenvalue weighted by molar-refractivity contribution is 8.14. The molecule has 1 fully saturated rings. The molecule has 0 spiro atoms. The van der Waals surface area contributed by atoms with Crippen LogP contribution in [0.4, 0.5) is 0 Å². The highest BCUT2D eigenvalue weighted by Gasteiger charge is 2.20. The number of benzene rings is 1. The van der Waals surface area contributed by atoms with Gasteiger partial charge in [0.2, 0.25) is 0 Å². The van der Waals surface area contributed by atoms with Gasteiger partial charge in [-0.3, -0.25) is 4.99 Å². The van der Waals surface area contributed by atoms with Crippen LogP contribution in [0.2, 0.25) is 0 Å². The third kappa shape index (κ3) is 4.88. The first kappa shape index (κ1) is 14.4. The molecule has 1 aliphatic heterocycles. The van der Waals surface area contributed by atoms with Crippen LogP contribution < -0.4 is 5.32 Å². The molecule has 19 heavy (non-hydrogen) atoms. The first-order valence-corrected chi connectivity index (χ1v) is 7.85. The fraction of sp³-hybridized carbons (Fsp3) is 0.533. The summed E-state index contributed by atoms with van der Waals surface area (Å²) in [7, 11) is 0. The lowest BCUT2D eigenvalue weighted by Gasteiger charge is -2.11. The number of thioether (sulfide) groups is 1. The van der Waals surface area contributed by atoms with Crippen molar-refractivity contribution in [2.24, 2.45) is 4.99 Å². The first-order valence-electron chi connectivity index (χ1n) is 6.87. The Morgan fingerprint density at radius 1 is 1.42 bits per heavy atom. The van der Waals surface area contributed by atoms with Crippen molar-refractivity contribution in [2.45, 2.75) is 32.4 Å². The summed E-state index contributed by atoms with van der Waals surface area (Å²) >= 11 is 1.81. The highest BCUT2D eigenvalue weighted by atomic mass is 32.2. The standard InChI is InChI=1S/C15H22N2OS/c1-3-18-12(2)10-16-15-17-14(11-19-15)9-13-7-5-4-6-8-13/h4-8,12,14H,3,9-11H2,1-2H3,(H,16,17). The molecule has 1 aromatic rings. The molecule has 4 heteroatoms.